The van der Waals surface area contributed by atoms with E-state index >= 15 is 0 Å². The molecule has 0 fully saturated rings. The summed E-state index contributed by atoms with van der Waals surface area (Å²) in [4.78, 5) is 17.5. The van der Waals surface area contributed by atoms with Crippen molar-refractivity contribution >= 4 is 34.0 Å². The summed E-state index contributed by atoms with van der Waals surface area (Å²) < 4.78 is 5.55. The zero-order chi connectivity index (χ0) is 18.5. The van der Waals surface area contributed by atoms with Crippen molar-refractivity contribution in [2.24, 2.45) is 0 Å². The number of nitrogens with zero attached hydrogens (tertiary/aromatic N) is 1. The Morgan fingerprint density at radius 2 is 2.08 bits per heavy atom. The average molecular weight is 387 g/mol. The highest BCUT2D eigenvalue weighted by atomic mass is 35.5. The van der Waals surface area contributed by atoms with Gasteiger partial charge in [0.05, 0.1) is 0 Å². The molecule has 0 bridgehead atoms. The van der Waals surface area contributed by atoms with Gasteiger partial charge >= 0.3 is 0 Å². The molecule has 1 heterocycles. The van der Waals surface area contributed by atoms with Gasteiger partial charge in [-0.2, -0.15) is 0 Å². The number of anilines is 1. The number of aromatic nitrogens is 1. The molecule has 0 radical (unpaired) electrons. The van der Waals surface area contributed by atoms with E-state index in [2.05, 4.69) is 35.4 Å². The first kappa shape index (κ1) is 18.4. The van der Waals surface area contributed by atoms with E-state index in [4.69, 9.17) is 16.3 Å². The largest absolute Gasteiger partial charge is 0.483 e. The number of aryl methyl sites for hydroxylation is 2. The van der Waals surface area contributed by atoms with E-state index in [1.54, 1.807) is 24.4 Å². The van der Waals surface area contributed by atoms with Crippen LogP contribution in [0.15, 0.2) is 48.7 Å². The van der Waals surface area contributed by atoms with Gasteiger partial charge in [-0.15, -0.1) is 11.3 Å². The molecule has 0 spiro atoms. The Labute approximate surface area is 161 Å². The number of amides is 1. The lowest BCUT2D eigenvalue weighted by Gasteiger charge is -2.08. The van der Waals surface area contributed by atoms with E-state index < -0.39 is 0 Å². The Bertz CT molecular complexity index is 924. The van der Waals surface area contributed by atoms with Crippen LogP contribution in [0.25, 0.3) is 0 Å². The van der Waals surface area contributed by atoms with Gasteiger partial charge in [0, 0.05) is 22.5 Å². The highest BCUT2D eigenvalue weighted by molar-refractivity contribution is 7.15. The highest BCUT2D eigenvalue weighted by Gasteiger charge is 2.09. The number of rotatable bonds is 6. The van der Waals surface area contributed by atoms with Crippen molar-refractivity contribution in [2.45, 2.75) is 20.3 Å². The molecule has 1 aromatic heterocycles. The van der Waals surface area contributed by atoms with Crippen molar-refractivity contribution in [3.8, 4) is 5.75 Å². The van der Waals surface area contributed by atoms with E-state index in [-0.39, 0.29) is 12.5 Å². The van der Waals surface area contributed by atoms with Gasteiger partial charge in [-0.1, -0.05) is 41.4 Å². The van der Waals surface area contributed by atoms with Crippen molar-refractivity contribution in [3.63, 3.8) is 0 Å². The maximum absolute atomic E-state index is 12.1. The molecular formula is C20H19ClN2O2S. The number of halogens is 1. The zero-order valence-electron chi connectivity index (χ0n) is 14.6. The van der Waals surface area contributed by atoms with E-state index in [0.29, 0.717) is 15.9 Å². The fraction of sp³-hybridized carbons (Fsp3) is 0.200. The summed E-state index contributed by atoms with van der Waals surface area (Å²) in [5, 5.41) is 4.00. The van der Waals surface area contributed by atoms with E-state index in [1.807, 2.05) is 13.0 Å². The van der Waals surface area contributed by atoms with Crippen LogP contribution in [-0.2, 0) is 11.2 Å². The van der Waals surface area contributed by atoms with Crippen molar-refractivity contribution < 1.29 is 9.53 Å². The maximum atomic E-state index is 12.1. The number of ether oxygens (including phenoxy) is 1. The summed E-state index contributed by atoms with van der Waals surface area (Å²) in [5.41, 5.74) is 3.35. The van der Waals surface area contributed by atoms with Gasteiger partial charge < -0.3 is 4.74 Å². The molecule has 6 heteroatoms. The molecule has 134 valence electrons. The van der Waals surface area contributed by atoms with Gasteiger partial charge in [0.25, 0.3) is 5.91 Å². The molecule has 0 aliphatic rings. The molecule has 3 rings (SSSR count). The van der Waals surface area contributed by atoms with Gasteiger partial charge in [0.1, 0.15) is 5.75 Å². The minimum atomic E-state index is -0.240. The smallest absolute Gasteiger partial charge is 0.264 e. The molecule has 1 amide bonds. The van der Waals surface area contributed by atoms with Crippen molar-refractivity contribution in [1.29, 1.82) is 0 Å². The number of carbonyl (C=O) groups is 1. The van der Waals surface area contributed by atoms with Gasteiger partial charge in [-0.3, -0.25) is 10.1 Å². The van der Waals surface area contributed by atoms with E-state index in [9.17, 15) is 4.79 Å². The third kappa shape index (κ3) is 5.07. The SMILES string of the molecule is Cc1cccc(Cc2cnc(NC(=O)COc3ccc(Cl)cc3C)s2)c1. The molecule has 4 nitrogen and oxygen atoms in total. The molecule has 0 aliphatic carbocycles. The third-order valence-electron chi connectivity index (χ3n) is 3.76. The van der Waals surface area contributed by atoms with Crippen LogP contribution in [0.5, 0.6) is 5.75 Å². The fourth-order valence-corrected chi connectivity index (χ4v) is 3.63. The summed E-state index contributed by atoms with van der Waals surface area (Å²) in [6.07, 6.45) is 2.60. The van der Waals surface area contributed by atoms with Gasteiger partial charge in [0.2, 0.25) is 0 Å². The van der Waals surface area contributed by atoms with Crippen molar-refractivity contribution in [1.82, 2.24) is 4.98 Å². The molecule has 26 heavy (non-hydrogen) atoms. The fourth-order valence-electron chi connectivity index (χ4n) is 2.54. The lowest BCUT2D eigenvalue weighted by atomic mass is 10.1. The Kier molecular flexibility index (Phi) is 5.91. The summed E-state index contributed by atoms with van der Waals surface area (Å²) in [6, 6.07) is 13.7. The quantitative estimate of drug-likeness (QED) is 0.647. The topological polar surface area (TPSA) is 51.2 Å². The number of hydrogen-bond acceptors (Lipinski definition) is 4. The van der Waals surface area contributed by atoms with Crippen LogP contribution in [-0.4, -0.2) is 17.5 Å². The zero-order valence-corrected chi connectivity index (χ0v) is 16.2. The van der Waals surface area contributed by atoms with E-state index in [0.717, 1.165) is 16.9 Å². The maximum Gasteiger partial charge on any atom is 0.264 e. The van der Waals surface area contributed by atoms with Gasteiger partial charge in [-0.25, -0.2) is 4.98 Å². The van der Waals surface area contributed by atoms with Crippen LogP contribution in [0.3, 0.4) is 0 Å². The summed E-state index contributed by atoms with van der Waals surface area (Å²) in [7, 11) is 0. The van der Waals surface area contributed by atoms with Gasteiger partial charge in [0.15, 0.2) is 11.7 Å². The molecule has 0 saturated carbocycles. The van der Waals surface area contributed by atoms with Crippen LogP contribution in [0.2, 0.25) is 5.02 Å². The standard InChI is InChI=1S/C20H19ClN2O2S/c1-13-4-3-5-15(8-13)10-17-11-22-20(26-17)23-19(24)12-25-18-7-6-16(21)9-14(18)2/h3-9,11H,10,12H2,1-2H3,(H,22,23,24). The van der Waals surface area contributed by atoms with E-state index in [1.165, 1.54) is 22.5 Å². The predicted octanol–water partition coefficient (Wildman–Crippen LogP) is 5.02. The molecule has 0 saturated heterocycles. The minimum absolute atomic E-state index is 0.0741. The first-order valence-corrected chi connectivity index (χ1v) is 9.38. The molecule has 3 aromatic rings. The van der Waals surface area contributed by atoms with Crippen LogP contribution < -0.4 is 10.1 Å². The molecule has 0 unspecified atom stereocenters. The van der Waals surface area contributed by atoms with Crippen LogP contribution in [0.1, 0.15) is 21.6 Å². The van der Waals surface area contributed by atoms with Gasteiger partial charge in [-0.05, 0) is 43.2 Å². The second-order valence-electron chi connectivity index (χ2n) is 6.04. The van der Waals surface area contributed by atoms with Crippen LogP contribution in [0, 0.1) is 13.8 Å². The number of benzene rings is 2. The average Bonchev–Trinajstić information content (AvgIpc) is 3.01. The van der Waals surface area contributed by atoms with Crippen molar-refractivity contribution in [2.75, 3.05) is 11.9 Å². The summed E-state index contributed by atoms with van der Waals surface area (Å²) in [6.45, 7) is 3.89. The number of thiazole rings is 1. The molecule has 0 aliphatic heterocycles. The number of hydrogen-bond donors (Lipinski definition) is 1. The second kappa shape index (κ2) is 8.34. The Morgan fingerprint density at radius 3 is 2.85 bits per heavy atom. The van der Waals surface area contributed by atoms with Crippen molar-refractivity contribution in [3.05, 3.63) is 75.3 Å². The molecule has 0 atom stereocenters. The highest BCUT2D eigenvalue weighted by Crippen LogP contribution is 2.23. The molecule has 2 aromatic carbocycles. The summed E-state index contributed by atoms with van der Waals surface area (Å²) >= 11 is 7.39. The second-order valence-corrected chi connectivity index (χ2v) is 7.60. The minimum Gasteiger partial charge on any atom is -0.483 e. The predicted molar refractivity (Wildman–Crippen MR) is 106 cm³/mol. The Hall–Kier alpha value is -2.37. The lowest BCUT2D eigenvalue weighted by Crippen LogP contribution is -2.20. The summed E-state index contributed by atoms with van der Waals surface area (Å²) in [5.74, 6) is 0.402. The number of nitrogens with one attached hydrogen (secondary N) is 1. The number of carbonyl (C=O) groups excluding carboxylic acids is 1. The first-order chi connectivity index (χ1) is 12.5. The van der Waals surface area contributed by atoms with Crippen LogP contribution >= 0.6 is 22.9 Å². The Morgan fingerprint density at radius 1 is 1.23 bits per heavy atom. The normalized spacial score (nSPS) is 10.6. The lowest BCUT2D eigenvalue weighted by molar-refractivity contribution is -0.118. The molecular weight excluding hydrogens is 368 g/mol. The van der Waals surface area contributed by atoms with Crippen LogP contribution in [0.4, 0.5) is 5.13 Å². The monoisotopic (exact) mass is 386 g/mol. The third-order valence-corrected chi connectivity index (χ3v) is 4.90. The molecule has 1 N–H and O–H groups in total. The first-order valence-electron chi connectivity index (χ1n) is 8.18. The Balaban J connectivity index is 1.54.